The van der Waals surface area contributed by atoms with Crippen LogP contribution >= 0.6 is 11.6 Å². The van der Waals surface area contributed by atoms with Gasteiger partial charge in [-0.3, -0.25) is 9.59 Å². The van der Waals surface area contributed by atoms with Crippen LogP contribution in [-0.2, 0) is 4.79 Å². The monoisotopic (exact) mass is 393 g/mol. The molecule has 0 bridgehead atoms. The van der Waals surface area contributed by atoms with Gasteiger partial charge in [-0.25, -0.2) is 4.39 Å². The molecular weight excluding hydrogens is 373 g/mol. The van der Waals surface area contributed by atoms with E-state index < -0.39 is 5.82 Å². The van der Waals surface area contributed by atoms with Crippen molar-refractivity contribution in [2.75, 3.05) is 26.2 Å². The zero-order chi connectivity index (χ0) is 19.6. The van der Waals surface area contributed by atoms with E-state index in [1.54, 1.807) is 22.8 Å². The Morgan fingerprint density at radius 1 is 1.22 bits per heavy atom. The van der Waals surface area contributed by atoms with Crippen molar-refractivity contribution in [3.63, 3.8) is 0 Å². The molecule has 0 aliphatic carbocycles. The van der Waals surface area contributed by atoms with Crippen molar-refractivity contribution in [2.45, 2.75) is 26.7 Å². The third kappa shape index (κ3) is 3.83. The molecule has 1 saturated heterocycles. The number of amides is 2. The van der Waals surface area contributed by atoms with Crippen LogP contribution < -0.4 is 0 Å². The molecule has 0 spiro atoms. The molecule has 1 fully saturated rings. The smallest absolute Gasteiger partial charge is 0.259 e. The van der Waals surface area contributed by atoms with Crippen LogP contribution in [0.4, 0.5) is 4.39 Å². The first-order valence-electron chi connectivity index (χ1n) is 8.91. The van der Waals surface area contributed by atoms with Gasteiger partial charge >= 0.3 is 0 Å². The topological polar surface area (TPSA) is 66.7 Å². The summed E-state index contributed by atoms with van der Waals surface area (Å²) in [6.45, 7) is 5.43. The number of benzene rings is 1. The maximum Gasteiger partial charge on any atom is 0.259 e. The van der Waals surface area contributed by atoms with E-state index in [9.17, 15) is 14.0 Å². The molecule has 0 saturated carbocycles. The average molecular weight is 394 g/mol. The van der Waals surface area contributed by atoms with Gasteiger partial charge in [0.05, 0.1) is 10.6 Å². The molecule has 8 heteroatoms. The first kappa shape index (κ1) is 19.4. The summed E-state index contributed by atoms with van der Waals surface area (Å²) in [5.74, 6) is -0.487. The normalized spacial score (nSPS) is 15.0. The van der Waals surface area contributed by atoms with E-state index in [2.05, 4.69) is 5.16 Å². The Hall–Kier alpha value is -2.41. The summed E-state index contributed by atoms with van der Waals surface area (Å²) in [5, 5.41) is 4.05. The van der Waals surface area contributed by atoms with Crippen molar-refractivity contribution in [1.29, 1.82) is 0 Å². The highest BCUT2D eigenvalue weighted by atomic mass is 35.5. The molecule has 2 heterocycles. The predicted octanol–water partition coefficient (Wildman–Crippen LogP) is 3.53. The largest absolute Gasteiger partial charge is 0.360 e. The van der Waals surface area contributed by atoms with Gasteiger partial charge in [-0.1, -0.05) is 29.7 Å². The first-order chi connectivity index (χ1) is 12.9. The highest BCUT2D eigenvalue weighted by Crippen LogP contribution is 2.34. The number of hydrogen-bond acceptors (Lipinski definition) is 4. The SMILES string of the molecule is CCC(=O)N1CCCN(C(=O)c2c(-c3c(F)cccc3Cl)noc2C)CC1. The fourth-order valence-electron chi connectivity index (χ4n) is 3.27. The van der Waals surface area contributed by atoms with Gasteiger partial charge in [0, 0.05) is 32.6 Å². The maximum absolute atomic E-state index is 14.3. The summed E-state index contributed by atoms with van der Waals surface area (Å²) in [6.07, 6.45) is 1.12. The molecule has 1 aliphatic rings. The number of carbonyl (C=O) groups excluding carboxylic acids is 2. The van der Waals surface area contributed by atoms with Gasteiger partial charge in [0.2, 0.25) is 5.91 Å². The van der Waals surface area contributed by atoms with E-state index >= 15 is 0 Å². The zero-order valence-corrected chi connectivity index (χ0v) is 16.1. The van der Waals surface area contributed by atoms with E-state index in [-0.39, 0.29) is 33.7 Å². The Morgan fingerprint density at radius 3 is 2.63 bits per heavy atom. The fraction of sp³-hybridized carbons (Fsp3) is 0.421. The molecule has 1 aromatic heterocycles. The second kappa shape index (κ2) is 8.08. The Bertz CT molecular complexity index is 848. The molecule has 3 rings (SSSR count). The van der Waals surface area contributed by atoms with Crippen LogP contribution in [0.25, 0.3) is 11.3 Å². The molecule has 0 atom stereocenters. The molecule has 144 valence electrons. The van der Waals surface area contributed by atoms with Crippen molar-refractivity contribution in [1.82, 2.24) is 15.0 Å². The third-order valence-electron chi connectivity index (χ3n) is 4.71. The highest BCUT2D eigenvalue weighted by Gasteiger charge is 2.30. The van der Waals surface area contributed by atoms with E-state index in [0.717, 1.165) is 0 Å². The number of aromatic nitrogens is 1. The van der Waals surface area contributed by atoms with Crippen molar-refractivity contribution >= 4 is 23.4 Å². The highest BCUT2D eigenvalue weighted by molar-refractivity contribution is 6.33. The summed E-state index contributed by atoms with van der Waals surface area (Å²) in [4.78, 5) is 28.5. The van der Waals surface area contributed by atoms with E-state index in [1.165, 1.54) is 12.1 Å². The summed E-state index contributed by atoms with van der Waals surface area (Å²) >= 11 is 6.14. The van der Waals surface area contributed by atoms with Crippen molar-refractivity contribution in [2.24, 2.45) is 0 Å². The van der Waals surface area contributed by atoms with Gasteiger partial charge in [-0.05, 0) is 25.5 Å². The van der Waals surface area contributed by atoms with Gasteiger partial charge in [-0.2, -0.15) is 0 Å². The van der Waals surface area contributed by atoms with Gasteiger partial charge in [-0.15, -0.1) is 0 Å². The number of hydrogen-bond donors (Lipinski definition) is 0. The minimum atomic E-state index is -0.569. The molecular formula is C19H21ClFN3O3. The van der Waals surface area contributed by atoms with E-state index in [0.29, 0.717) is 44.8 Å². The molecule has 27 heavy (non-hydrogen) atoms. The van der Waals surface area contributed by atoms with Gasteiger partial charge < -0.3 is 14.3 Å². The minimum absolute atomic E-state index is 0.0528. The lowest BCUT2D eigenvalue weighted by Crippen LogP contribution is -2.37. The third-order valence-corrected chi connectivity index (χ3v) is 5.03. The Balaban J connectivity index is 1.90. The minimum Gasteiger partial charge on any atom is -0.360 e. The van der Waals surface area contributed by atoms with Gasteiger partial charge in [0.15, 0.2) is 0 Å². The summed E-state index contributed by atoms with van der Waals surface area (Å²) in [7, 11) is 0. The van der Waals surface area contributed by atoms with Crippen LogP contribution in [0.3, 0.4) is 0 Å². The zero-order valence-electron chi connectivity index (χ0n) is 15.3. The van der Waals surface area contributed by atoms with Crippen molar-refractivity contribution in [3.05, 3.63) is 40.4 Å². The van der Waals surface area contributed by atoms with Crippen LogP contribution in [-0.4, -0.2) is 52.9 Å². The number of aryl methyl sites for hydroxylation is 1. The maximum atomic E-state index is 14.3. The number of rotatable bonds is 3. The number of halogens is 2. The van der Waals surface area contributed by atoms with Crippen LogP contribution in [0.5, 0.6) is 0 Å². The van der Waals surface area contributed by atoms with Gasteiger partial charge in [0.25, 0.3) is 5.91 Å². The number of carbonyl (C=O) groups is 2. The van der Waals surface area contributed by atoms with Crippen LogP contribution in [0, 0.1) is 12.7 Å². The molecule has 1 aliphatic heterocycles. The molecule has 6 nitrogen and oxygen atoms in total. The Kier molecular flexibility index (Phi) is 5.79. The molecule has 0 radical (unpaired) electrons. The molecule has 2 amide bonds. The summed E-state index contributed by atoms with van der Waals surface area (Å²) in [6, 6.07) is 4.29. The second-order valence-corrected chi connectivity index (χ2v) is 6.85. The predicted molar refractivity (Wildman–Crippen MR) is 99.0 cm³/mol. The van der Waals surface area contributed by atoms with Crippen molar-refractivity contribution < 1.29 is 18.5 Å². The standard InChI is InChI=1S/C19H21ClFN3O3/c1-3-15(25)23-8-5-9-24(11-10-23)19(26)16-12(2)27-22-18(16)17-13(20)6-4-7-14(17)21/h4,6-7H,3,5,8-11H2,1-2H3. The lowest BCUT2D eigenvalue weighted by atomic mass is 10.0. The van der Waals surface area contributed by atoms with Crippen LogP contribution in [0.2, 0.25) is 5.02 Å². The lowest BCUT2D eigenvalue weighted by molar-refractivity contribution is -0.130. The van der Waals surface area contributed by atoms with E-state index in [1.807, 2.05) is 6.92 Å². The van der Waals surface area contributed by atoms with Crippen LogP contribution in [0.1, 0.15) is 35.9 Å². The second-order valence-electron chi connectivity index (χ2n) is 6.44. The average Bonchev–Trinajstić information content (AvgIpc) is 2.87. The summed E-state index contributed by atoms with van der Waals surface area (Å²) < 4.78 is 19.5. The fourth-order valence-corrected chi connectivity index (χ4v) is 3.52. The van der Waals surface area contributed by atoms with Gasteiger partial charge in [0.1, 0.15) is 22.8 Å². The quantitative estimate of drug-likeness (QED) is 0.800. The molecule has 0 unspecified atom stereocenters. The molecule has 2 aromatic rings. The molecule has 0 N–H and O–H groups in total. The number of nitrogens with zero attached hydrogens (tertiary/aromatic N) is 3. The van der Waals surface area contributed by atoms with Crippen molar-refractivity contribution in [3.8, 4) is 11.3 Å². The first-order valence-corrected chi connectivity index (χ1v) is 9.29. The Labute approximate surface area is 161 Å². The lowest BCUT2D eigenvalue weighted by Gasteiger charge is -2.22. The van der Waals surface area contributed by atoms with E-state index in [4.69, 9.17) is 16.1 Å². The summed E-state index contributed by atoms with van der Waals surface area (Å²) in [5.41, 5.74) is 0.362. The van der Waals surface area contributed by atoms with Crippen LogP contribution in [0.15, 0.2) is 22.7 Å². The Morgan fingerprint density at radius 2 is 1.93 bits per heavy atom. The molecule has 1 aromatic carbocycles.